The van der Waals surface area contributed by atoms with E-state index in [0.717, 1.165) is 16.5 Å². The Balaban J connectivity index is 2.51. The van der Waals surface area contributed by atoms with Crippen LogP contribution in [0.25, 0.3) is 10.9 Å². The smallest absolute Gasteiger partial charge is 0.190 e. The number of aromatic amines is 1. The average molecular weight is 191 g/mol. The summed E-state index contributed by atoms with van der Waals surface area (Å²) in [5, 5.41) is 0.995. The highest BCUT2D eigenvalue weighted by Gasteiger charge is 2.04. The lowest BCUT2D eigenvalue weighted by Crippen LogP contribution is -1.91. The monoisotopic (exact) mass is 191 g/mol. The van der Waals surface area contributed by atoms with Crippen LogP contribution >= 0.6 is 12.6 Å². The molecule has 0 amide bonds. The summed E-state index contributed by atoms with van der Waals surface area (Å²) in [6.45, 7) is 0. The minimum Gasteiger partial charge on any atom is -0.361 e. The van der Waals surface area contributed by atoms with E-state index in [1.807, 2.05) is 30.5 Å². The molecule has 1 N–H and O–H groups in total. The molecule has 0 aliphatic carbocycles. The van der Waals surface area contributed by atoms with Crippen molar-refractivity contribution in [2.24, 2.45) is 0 Å². The zero-order chi connectivity index (χ0) is 9.26. The van der Waals surface area contributed by atoms with Crippen molar-refractivity contribution < 1.29 is 4.79 Å². The molecule has 0 aliphatic rings. The molecule has 0 bridgehead atoms. The summed E-state index contributed by atoms with van der Waals surface area (Å²) < 4.78 is 0. The van der Waals surface area contributed by atoms with Crippen LogP contribution < -0.4 is 0 Å². The number of H-pyrrole nitrogens is 1. The number of thiol groups is 1. The third-order valence-corrected chi connectivity index (χ3v) is 2.17. The van der Waals surface area contributed by atoms with Gasteiger partial charge in [0.15, 0.2) is 5.12 Å². The van der Waals surface area contributed by atoms with Gasteiger partial charge in [0.2, 0.25) is 0 Å². The molecule has 13 heavy (non-hydrogen) atoms. The molecule has 2 nitrogen and oxygen atoms in total. The number of nitrogens with one attached hydrogen (secondary N) is 1. The summed E-state index contributed by atoms with van der Waals surface area (Å²) in [4.78, 5) is 13.9. The first-order valence-electron chi connectivity index (χ1n) is 4.04. The second-order valence-corrected chi connectivity index (χ2v) is 3.43. The minimum absolute atomic E-state index is 0.107. The van der Waals surface area contributed by atoms with Gasteiger partial charge in [-0.15, -0.1) is 12.6 Å². The molecule has 1 heterocycles. The Bertz CT molecular complexity index is 447. The number of carbonyl (C=O) groups excluding carboxylic acids is 1. The molecular formula is C10H9NOS. The van der Waals surface area contributed by atoms with Gasteiger partial charge in [-0.3, -0.25) is 4.79 Å². The Kier molecular flexibility index (Phi) is 2.10. The lowest BCUT2D eigenvalue weighted by molar-refractivity contribution is -0.110. The Morgan fingerprint density at radius 3 is 2.92 bits per heavy atom. The topological polar surface area (TPSA) is 32.9 Å². The Morgan fingerprint density at radius 1 is 1.38 bits per heavy atom. The fraction of sp³-hybridized carbons (Fsp3) is 0.100. The Labute approximate surface area is 81.4 Å². The highest BCUT2D eigenvalue weighted by molar-refractivity contribution is 7.96. The maximum absolute atomic E-state index is 10.8. The maximum Gasteiger partial charge on any atom is 0.190 e. The van der Waals surface area contributed by atoms with E-state index >= 15 is 0 Å². The molecule has 66 valence electrons. The molecule has 3 heteroatoms. The number of fused-ring (bicyclic) bond motifs is 1. The Morgan fingerprint density at radius 2 is 2.15 bits per heavy atom. The van der Waals surface area contributed by atoms with Crippen LogP contribution in [0.1, 0.15) is 5.56 Å². The second-order valence-electron chi connectivity index (χ2n) is 2.93. The fourth-order valence-corrected chi connectivity index (χ4v) is 1.61. The fourth-order valence-electron chi connectivity index (χ4n) is 1.44. The standard InChI is InChI=1S/C10H9NOS/c12-10(13)5-7-6-11-9-4-2-1-3-8(7)9/h1-4,6,11H,5H2,(H,12,13). The van der Waals surface area contributed by atoms with E-state index in [1.165, 1.54) is 0 Å². The molecule has 0 fully saturated rings. The SMILES string of the molecule is O=C(S)Cc1c[nH]c2ccccc12. The van der Waals surface area contributed by atoms with Gasteiger partial charge in [0.1, 0.15) is 0 Å². The molecule has 0 saturated heterocycles. The summed E-state index contributed by atoms with van der Waals surface area (Å²) >= 11 is 3.76. The van der Waals surface area contributed by atoms with E-state index in [2.05, 4.69) is 17.6 Å². The largest absolute Gasteiger partial charge is 0.361 e. The molecule has 0 atom stereocenters. The first-order valence-corrected chi connectivity index (χ1v) is 4.49. The van der Waals surface area contributed by atoms with Crippen molar-refractivity contribution >= 4 is 28.6 Å². The van der Waals surface area contributed by atoms with Crippen molar-refractivity contribution in [3.05, 3.63) is 36.0 Å². The zero-order valence-corrected chi connectivity index (χ0v) is 7.84. The van der Waals surface area contributed by atoms with Crippen LogP contribution in [0.15, 0.2) is 30.5 Å². The summed E-state index contributed by atoms with van der Waals surface area (Å²) in [7, 11) is 0. The Hall–Kier alpha value is -1.22. The predicted octanol–water partition coefficient (Wildman–Crippen LogP) is 2.17. The lowest BCUT2D eigenvalue weighted by Gasteiger charge is -1.93. The summed E-state index contributed by atoms with van der Waals surface area (Å²) in [5.74, 6) is 0. The van der Waals surface area contributed by atoms with Crippen LogP contribution in [0, 0.1) is 0 Å². The number of carbonyl (C=O) groups is 1. The van der Waals surface area contributed by atoms with Crippen LogP contribution in [0.3, 0.4) is 0 Å². The van der Waals surface area contributed by atoms with Gasteiger partial charge < -0.3 is 4.98 Å². The van der Waals surface area contributed by atoms with E-state index in [4.69, 9.17) is 0 Å². The van der Waals surface area contributed by atoms with Crippen LogP contribution in [-0.4, -0.2) is 10.1 Å². The third kappa shape index (κ3) is 1.60. The number of hydrogen-bond donors (Lipinski definition) is 2. The molecule has 0 radical (unpaired) electrons. The molecule has 0 spiro atoms. The molecule has 0 unspecified atom stereocenters. The molecule has 0 saturated carbocycles. The molecular weight excluding hydrogens is 182 g/mol. The number of hydrogen-bond acceptors (Lipinski definition) is 1. The van der Waals surface area contributed by atoms with Crippen LogP contribution in [-0.2, 0) is 11.2 Å². The van der Waals surface area contributed by atoms with E-state index < -0.39 is 0 Å². The minimum atomic E-state index is -0.107. The van der Waals surface area contributed by atoms with Crippen molar-refractivity contribution in [1.29, 1.82) is 0 Å². The van der Waals surface area contributed by atoms with Gasteiger partial charge >= 0.3 is 0 Å². The predicted molar refractivity (Wildman–Crippen MR) is 56.0 cm³/mol. The van der Waals surface area contributed by atoms with E-state index in [9.17, 15) is 4.79 Å². The van der Waals surface area contributed by atoms with E-state index in [0.29, 0.717) is 6.42 Å². The van der Waals surface area contributed by atoms with Gasteiger partial charge in [-0.1, -0.05) is 18.2 Å². The van der Waals surface area contributed by atoms with Crippen molar-refractivity contribution in [2.75, 3.05) is 0 Å². The van der Waals surface area contributed by atoms with Gasteiger partial charge in [0.25, 0.3) is 0 Å². The summed E-state index contributed by atoms with van der Waals surface area (Å²) in [5.41, 5.74) is 2.07. The average Bonchev–Trinajstić information content (AvgIpc) is 2.48. The normalized spacial score (nSPS) is 10.5. The summed E-state index contributed by atoms with van der Waals surface area (Å²) in [6, 6.07) is 7.91. The van der Waals surface area contributed by atoms with Gasteiger partial charge in [0, 0.05) is 23.5 Å². The number of para-hydroxylation sites is 1. The highest BCUT2D eigenvalue weighted by Crippen LogP contribution is 2.18. The van der Waals surface area contributed by atoms with Crippen molar-refractivity contribution in [1.82, 2.24) is 4.98 Å². The summed E-state index contributed by atoms with van der Waals surface area (Å²) in [6.07, 6.45) is 2.24. The van der Waals surface area contributed by atoms with Gasteiger partial charge in [-0.25, -0.2) is 0 Å². The van der Waals surface area contributed by atoms with Crippen molar-refractivity contribution in [3.63, 3.8) is 0 Å². The van der Waals surface area contributed by atoms with Crippen molar-refractivity contribution in [3.8, 4) is 0 Å². The molecule has 2 rings (SSSR count). The van der Waals surface area contributed by atoms with Crippen LogP contribution in [0.5, 0.6) is 0 Å². The molecule has 1 aromatic carbocycles. The van der Waals surface area contributed by atoms with E-state index in [-0.39, 0.29) is 5.12 Å². The quantitative estimate of drug-likeness (QED) is 0.701. The number of aromatic nitrogens is 1. The zero-order valence-electron chi connectivity index (χ0n) is 6.95. The van der Waals surface area contributed by atoms with Gasteiger partial charge in [-0.05, 0) is 11.6 Å². The van der Waals surface area contributed by atoms with Gasteiger partial charge in [-0.2, -0.15) is 0 Å². The van der Waals surface area contributed by atoms with Crippen LogP contribution in [0.2, 0.25) is 0 Å². The van der Waals surface area contributed by atoms with Gasteiger partial charge in [0.05, 0.1) is 0 Å². The second kappa shape index (κ2) is 3.26. The van der Waals surface area contributed by atoms with E-state index in [1.54, 1.807) is 0 Å². The highest BCUT2D eigenvalue weighted by atomic mass is 32.1. The molecule has 0 aliphatic heterocycles. The lowest BCUT2D eigenvalue weighted by atomic mass is 10.1. The number of rotatable bonds is 2. The van der Waals surface area contributed by atoms with Crippen molar-refractivity contribution in [2.45, 2.75) is 6.42 Å². The molecule has 1 aromatic heterocycles. The first-order chi connectivity index (χ1) is 6.27. The van der Waals surface area contributed by atoms with Crippen LogP contribution in [0.4, 0.5) is 0 Å². The maximum atomic E-state index is 10.8. The number of benzene rings is 1. The molecule has 2 aromatic rings. The first kappa shape index (κ1) is 8.38. The third-order valence-electron chi connectivity index (χ3n) is 2.02.